The van der Waals surface area contributed by atoms with Crippen LogP contribution in [-0.4, -0.2) is 15.5 Å². The largest absolute Gasteiger partial charge is 0.496 e. The van der Waals surface area contributed by atoms with E-state index >= 15 is 0 Å². The van der Waals surface area contributed by atoms with Gasteiger partial charge in [-0.1, -0.05) is 38.1 Å². The summed E-state index contributed by atoms with van der Waals surface area (Å²) in [4.78, 5) is 0.303. The van der Waals surface area contributed by atoms with Crippen molar-refractivity contribution in [2.75, 3.05) is 7.11 Å². The molecule has 0 saturated carbocycles. The van der Waals surface area contributed by atoms with Gasteiger partial charge in [0.15, 0.2) is 0 Å². The maximum absolute atomic E-state index is 13.0. The molecule has 0 aliphatic carbocycles. The Morgan fingerprint density at radius 1 is 0.960 bits per heavy atom. The van der Waals surface area contributed by atoms with Crippen LogP contribution in [0.15, 0.2) is 41.3 Å². The van der Waals surface area contributed by atoms with E-state index in [1.165, 1.54) is 0 Å². The van der Waals surface area contributed by atoms with Crippen molar-refractivity contribution in [3.05, 3.63) is 58.7 Å². The van der Waals surface area contributed by atoms with Crippen LogP contribution in [0, 0.1) is 13.8 Å². The van der Waals surface area contributed by atoms with Crippen molar-refractivity contribution < 1.29 is 13.2 Å². The van der Waals surface area contributed by atoms with Gasteiger partial charge in [-0.25, -0.2) is 13.1 Å². The minimum atomic E-state index is -3.64. The molecule has 0 saturated heterocycles. The lowest BCUT2D eigenvalue weighted by molar-refractivity contribution is 0.406. The third kappa shape index (κ3) is 4.22. The number of hydrogen-bond acceptors (Lipinski definition) is 3. The average molecular weight is 362 g/mol. The smallest absolute Gasteiger partial charge is 0.241 e. The Labute approximate surface area is 151 Å². The van der Waals surface area contributed by atoms with Crippen LogP contribution >= 0.6 is 0 Å². The van der Waals surface area contributed by atoms with E-state index in [9.17, 15) is 8.42 Å². The molecule has 1 N–H and O–H groups in total. The number of rotatable bonds is 6. The molecule has 0 fully saturated rings. The third-order valence-electron chi connectivity index (χ3n) is 4.43. The Bertz CT molecular complexity index is 857. The summed E-state index contributed by atoms with van der Waals surface area (Å²) in [5.41, 5.74) is 3.59. The maximum Gasteiger partial charge on any atom is 0.241 e. The molecule has 0 aromatic heterocycles. The lowest BCUT2D eigenvalue weighted by atomic mass is 10.0. The lowest BCUT2D eigenvalue weighted by Gasteiger charge is -2.20. The number of nitrogens with one attached hydrogen (secondary N) is 1. The Hall–Kier alpha value is -1.85. The molecule has 0 heterocycles. The van der Waals surface area contributed by atoms with Gasteiger partial charge >= 0.3 is 0 Å². The number of benzene rings is 2. The topological polar surface area (TPSA) is 55.4 Å². The van der Waals surface area contributed by atoms with Gasteiger partial charge in [-0.2, -0.15) is 0 Å². The van der Waals surface area contributed by atoms with Gasteiger partial charge in [0.1, 0.15) is 5.75 Å². The number of aryl methyl sites for hydroxylation is 2. The van der Waals surface area contributed by atoms with E-state index in [-0.39, 0.29) is 12.0 Å². The van der Waals surface area contributed by atoms with E-state index in [4.69, 9.17) is 4.74 Å². The fourth-order valence-corrected chi connectivity index (χ4v) is 4.51. The van der Waals surface area contributed by atoms with Crippen LogP contribution in [0.1, 0.15) is 55.0 Å². The number of hydrogen-bond donors (Lipinski definition) is 1. The molecule has 0 bridgehead atoms. The predicted molar refractivity (Wildman–Crippen MR) is 102 cm³/mol. The van der Waals surface area contributed by atoms with Gasteiger partial charge < -0.3 is 4.74 Å². The van der Waals surface area contributed by atoms with Crippen LogP contribution in [0.2, 0.25) is 0 Å². The molecule has 2 aromatic carbocycles. The summed E-state index contributed by atoms with van der Waals surface area (Å²) < 4.78 is 34.2. The zero-order valence-electron chi connectivity index (χ0n) is 15.8. The van der Waals surface area contributed by atoms with Crippen LogP contribution < -0.4 is 9.46 Å². The van der Waals surface area contributed by atoms with E-state index in [1.54, 1.807) is 26.2 Å². The van der Waals surface area contributed by atoms with Gasteiger partial charge in [-0.3, -0.25) is 0 Å². The molecule has 0 unspecified atom stereocenters. The molecule has 5 heteroatoms. The van der Waals surface area contributed by atoms with Crippen molar-refractivity contribution >= 4 is 10.0 Å². The summed E-state index contributed by atoms with van der Waals surface area (Å²) in [6.07, 6.45) is 0. The summed E-state index contributed by atoms with van der Waals surface area (Å²) in [6.45, 7) is 9.68. The van der Waals surface area contributed by atoms with Gasteiger partial charge in [0.2, 0.25) is 10.0 Å². The van der Waals surface area contributed by atoms with Crippen molar-refractivity contribution in [1.29, 1.82) is 0 Å². The molecule has 0 aliphatic heterocycles. The van der Waals surface area contributed by atoms with Crippen molar-refractivity contribution in [3.8, 4) is 5.75 Å². The highest BCUT2D eigenvalue weighted by molar-refractivity contribution is 7.89. The molecule has 0 aliphatic rings. The second-order valence-electron chi connectivity index (χ2n) is 6.71. The molecule has 0 radical (unpaired) electrons. The molecule has 25 heavy (non-hydrogen) atoms. The van der Waals surface area contributed by atoms with Crippen molar-refractivity contribution in [2.45, 2.75) is 51.5 Å². The highest BCUT2D eigenvalue weighted by Gasteiger charge is 2.23. The normalized spacial score (nSPS) is 13.1. The molecule has 2 aromatic rings. The molecule has 0 amide bonds. The van der Waals surface area contributed by atoms with Crippen molar-refractivity contribution in [1.82, 2.24) is 4.72 Å². The first-order valence-electron chi connectivity index (χ1n) is 8.43. The number of methoxy groups -OCH3 is 1. The predicted octanol–water partition coefficient (Wildman–Crippen LogP) is 4.47. The van der Waals surface area contributed by atoms with E-state index in [1.807, 2.05) is 52.0 Å². The first-order chi connectivity index (χ1) is 11.7. The van der Waals surface area contributed by atoms with Crippen LogP contribution in [0.25, 0.3) is 0 Å². The zero-order valence-corrected chi connectivity index (χ0v) is 16.6. The summed E-state index contributed by atoms with van der Waals surface area (Å²) in [5, 5.41) is 0. The summed E-state index contributed by atoms with van der Waals surface area (Å²) in [7, 11) is -2.04. The van der Waals surface area contributed by atoms with Crippen LogP contribution in [-0.2, 0) is 10.0 Å². The van der Waals surface area contributed by atoms with Gasteiger partial charge in [-0.15, -0.1) is 0 Å². The van der Waals surface area contributed by atoms with Gasteiger partial charge in [-0.05, 0) is 61.1 Å². The standard InChI is InChI=1S/C20H27NO3S/c1-13(2)18-12-20(15(4)11-19(18)24-6)25(22,23)21-16(5)17-10-8-7-9-14(17)3/h7-13,16,21H,1-6H3/t16-/m1/s1. The van der Waals surface area contributed by atoms with Crippen molar-refractivity contribution in [3.63, 3.8) is 0 Å². The van der Waals surface area contributed by atoms with E-state index in [0.29, 0.717) is 10.5 Å². The second kappa shape index (κ2) is 7.58. The average Bonchev–Trinajstić information content (AvgIpc) is 2.53. The molecular weight excluding hydrogens is 334 g/mol. The SMILES string of the molecule is COc1cc(C)c(S(=O)(=O)N[C@H](C)c2ccccc2C)cc1C(C)C. The summed E-state index contributed by atoms with van der Waals surface area (Å²) >= 11 is 0. The van der Waals surface area contributed by atoms with Gasteiger partial charge in [0.25, 0.3) is 0 Å². The minimum Gasteiger partial charge on any atom is -0.496 e. The second-order valence-corrected chi connectivity index (χ2v) is 8.40. The molecular formula is C20H27NO3S. The van der Waals surface area contributed by atoms with Crippen molar-refractivity contribution in [2.24, 2.45) is 0 Å². The first-order valence-corrected chi connectivity index (χ1v) is 9.92. The highest BCUT2D eigenvalue weighted by atomic mass is 32.2. The Kier molecular flexibility index (Phi) is 5.91. The Morgan fingerprint density at radius 2 is 1.60 bits per heavy atom. The van der Waals surface area contributed by atoms with E-state index in [0.717, 1.165) is 22.4 Å². The molecule has 2 rings (SSSR count). The van der Waals surface area contributed by atoms with E-state index in [2.05, 4.69) is 4.72 Å². The number of sulfonamides is 1. The number of ether oxygens (including phenoxy) is 1. The molecule has 0 spiro atoms. The quantitative estimate of drug-likeness (QED) is 0.825. The fraction of sp³-hybridized carbons (Fsp3) is 0.400. The molecule has 136 valence electrons. The minimum absolute atomic E-state index is 0.165. The zero-order chi connectivity index (χ0) is 18.8. The molecule has 1 atom stereocenters. The van der Waals surface area contributed by atoms with Crippen LogP contribution in [0.5, 0.6) is 5.75 Å². The maximum atomic E-state index is 13.0. The van der Waals surface area contributed by atoms with Crippen LogP contribution in [0.3, 0.4) is 0 Å². The highest BCUT2D eigenvalue weighted by Crippen LogP contribution is 2.32. The van der Waals surface area contributed by atoms with E-state index < -0.39 is 10.0 Å². The van der Waals surface area contributed by atoms with Gasteiger partial charge in [0, 0.05) is 6.04 Å². The Balaban J connectivity index is 2.43. The van der Waals surface area contributed by atoms with Crippen LogP contribution in [0.4, 0.5) is 0 Å². The molecule has 4 nitrogen and oxygen atoms in total. The Morgan fingerprint density at radius 3 is 2.16 bits per heavy atom. The summed E-state index contributed by atoms with van der Waals surface area (Å²) in [6, 6.07) is 11.0. The lowest BCUT2D eigenvalue weighted by Crippen LogP contribution is -2.28. The third-order valence-corrected chi connectivity index (χ3v) is 6.11. The summed E-state index contributed by atoms with van der Waals surface area (Å²) in [5.74, 6) is 0.886. The monoisotopic (exact) mass is 361 g/mol. The van der Waals surface area contributed by atoms with Gasteiger partial charge in [0.05, 0.1) is 12.0 Å². The fourth-order valence-electron chi connectivity index (χ4n) is 3.03. The first kappa shape index (κ1) is 19.5.